The van der Waals surface area contributed by atoms with Crippen molar-refractivity contribution in [3.8, 4) is 11.3 Å². The van der Waals surface area contributed by atoms with Crippen LogP contribution in [-0.2, 0) is 25.8 Å². The maximum Gasteiger partial charge on any atom is 0.262 e. The number of benzene rings is 3. The number of hydrogen-bond donors (Lipinski definition) is 2. The van der Waals surface area contributed by atoms with Crippen LogP contribution in [0.2, 0.25) is 0 Å². The molecule has 2 aromatic heterocycles. The lowest BCUT2D eigenvalue weighted by Gasteiger charge is -2.38. The number of imide groups is 2. The van der Waals surface area contributed by atoms with E-state index < -0.39 is 56.4 Å². The number of fused-ring (bicyclic) bond motifs is 2. The third-order valence-corrected chi connectivity index (χ3v) is 15.6. The Morgan fingerprint density at radius 1 is 0.862 bits per heavy atom. The molecule has 4 aliphatic rings. The van der Waals surface area contributed by atoms with Crippen molar-refractivity contribution in [3.63, 3.8) is 0 Å². The summed E-state index contributed by atoms with van der Waals surface area (Å²) >= 11 is 0. The largest absolute Gasteiger partial charge is 0.369 e. The summed E-state index contributed by atoms with van der Waals surface area (Å²) in [5.41, 5.74) is 4.29. The van der Waals surface area contributed by atoms with Gasteiger partial charge in [0.2, 0.25) is 17.8 Å². The van der Waals surface area contributed by atoms with Gasteiger partial charge in [-0.3, -0.25) is 29.4 Å². The van der Waals surface area contributed by atoms with E-state index in [0.29, 0.717) is 62.6 Å². The van der Waals surface area contributed by atoms with Crippen LogP contribution in [0.1, 0.15) is 97.4 Å². The Kier molecular flexibility index (Phi) is 11.8. The number of piperidine rings is 3. The molecule has 340 valence electrons. The number of sulfone groups is 1. The van der Waals surface area contributed by atoms with E-state index in [1.54, 1.807) is 24.3 Å². The molecule has 6 heterocycles. The predicted molar refractivity (Wildman–Crippen MR) is 240 cm³/mol. The Balaban J connectivity index is 0.785. The lowest BCUT2D eigenvalue weighted by Crippen LogP contribution is -2.54. The fraction of sp³-hybridized carbons (Fsp3) is 0.426. The van der Waals surface area contributed by atoms with Gasteiger partial charge < -0.3 is 19.7 Å². The van der Waals surface area contributed by atoms with Crippen molar-refractivity contribution in [2.45, 2.75) is 94.9 Å². The second kappa shape index (κ2) is 17.3. The summed E-state index contributed by atoms with van der Waals surface area (Å²) in [6.07, 6.45) is 4.35. The molecule has 4 aliphatic heterocycles. The standard InChI is InChI=1S/C47H51F2N9O6S/c1-5-29-20-30(21-40-43(29)51-27(4)57(40)26(2)3)42-37(49)24-50-47(54-42)52-31-6-8-32(9-7-31)65(63,64)33-14-16-55(17-15-33)25-28-12-18-56(19-13-28)39-23-35-34(22-36(39)48)45(61)58(46(35)62)38-10-11-41(59)53-44(38)60/h6-9,20-24,26,28,33,38H,5,10-19,25H2,1-4H3,(H,50,52,54)(H,53,59,60). The van der Waals surface area contributed by atoms with Crippen LogP contribution in [0.5, 0.6) is 0 Å². The molecule has 1 unspecified atom stereocenters. The molecule has 3 aromatic carbocycles. The number of aromatic nitrogens is 4. The molecular formula is C47H51F2N9O6S. The molecule has 65 heavy (non-hydrogen) atoms. The second-order valence-electron chi connectivity index (χ2n) is 17.8. The highest BCUT2D eigenvalue weighted by Crippen LogP contribution is 2.36. The third kappa shape index (κ3) is 8.26. The fourth-order valence-electron chi connectivity index (χ4n) is 9.96. The zero-order valence-corrected chi connectivity index (χ0v) is 37.6. The van der Waals surface area contributed by atoms with E-state index in [9.17, 15) is 27.6 Å². The highest BCUT2D eigenvalue weighted by Gasteiger charge is 2.45. The van der Waals surface area contributed by atoms with Crippen LogP contribution in [0.25, 0.3) is 22.3 Å². The molecule has 1 atom stereocenters. The summed E-state index contributed by atoms with van der Waals surface area (Å²) < 4.78 is 60.6. The minimum absolute atomic E-state index is 0.00496. The van der Waals surface area contributed by atoms with Crippen molar-refractivity contribution in [2.75, 3.05) is 42.9 Å². The van der Waals surface area contributed by atoms with E-state index >= 15 is 8.78 Å². The van der Waals surface area contributed by atoms with Gasteiger partial charge in [-0.1, -0.05) is 6.92 Å². The van der Waals surface area contributed by atoms with E-state index in [1.807, 2.05) is 30.9 Å². The van der Waals surface area contributed by atoms with Gasteiger partial charge in [-0.2, -0.15) is 0 Å². The first kappa shape index (κ1) is 44.1. The summed E-state index contributed by atoms with van der Waals surface area (Å²) in [5, 5.41) is 4.74. The molecule has 0 spiro atoms. The second-order valence-corrected chi connectivity index (χ2v) is 20.0. The molecule has 15 nitrogen and oxygen atoms in total. The van der Waals surface area contributed by atoms with Crippen molar-refractivity contribution < 1.29 is 36.4 Å². The van der Waals surface area contributed by atoms with Gasteiger partial charge in [0.15, 0.2) is 15.7 Å². The van der Waals surface area contributed by atoms with E-state index in [4.69, 9.17) is 4.98 Å². The highest BCUT2D eigenvalue weighted by atomic mass is 32.2. The average Bonchev–Trinajstić information content (AvgIpc) is 3.75. The first-order chi connectivity index (χ1) is 31.1. The van der Waals surface area contributed by atoms with Crippen LogP contribution in [-0.4, -0.2) is 105 Å². The Hall–Kier alpha value is -6.14. The quantitative estimate of drug-likeness (QED) is 0.137. The molecule has 9 rings (SSSR count). The minimum atomic E-state index is -3.62. The number of nitrogens with zero attached hydrogens (tertiary/aromatic N) is 7. The summed E-state index contributed by atoms with van der Waals surface area (Å²) in [7, 11) is -3.62. The number of aryl methyl sites for hydroxylation is 2. The zero-order chi connectivity index (χ0) is 45.9. The Bertz CT molecular complexity index is 2850. The number of carbonyl (C=O) groups is 4. The van der Waals surface area contributed by atoms with E-state index in [2.05, 4.69) is 43.9 Å². The number of hydrogen-bond acceptors (Lipinski definition) is 12. The van der Waals surface area contributed by atoms with Crippen molar-refractivity contribution in [3.05, 3.63) is 88.9 Å². The number of anilines is 3. The number of amides is 4. The van der Waals surface area contributed by atoms with Gasteiger partial charge in [-0.05, 0) is 132 Å². The number of rotatable bonds is 11. The molecule has 0 saturated carbocycles. The summed E-state index contributed by atoms with van der Waals surface area (Å²) in [6, 6.07) is 11.8. The number of nitrogens with one attached hydrogen (secondary N) is 2. The lowest BCUT2D eigenvalue weighted by molar-refractivity contribution is -0.136. The van der Waals surface area contributed by atoms with Gasteiger partial charge in [0.25, 0.3) is 11.8 Å². The molecule has 0 bridgehead atoms. The highest BCUT2D eigenvalue weighted by molar-refractivity contribution is 7.92. The third-order valence-electron chi connectivity index (χ3n) is 13.4. The summed E-state index contributed by atoms with van der Waals surface area (Å²) in [6.45, 7) is 11.3. The lowest BCUT2D eigenvalue weighted by atomic mass is 9.94. The van der Waals surface area contributed by atoms with Gasteiger partial charge in [-0.25, -0.2) is 32.2 Å². The maximum absolute atomic E-state index is 15.5. The van der Waals surface area contributed by atoms with Crippen LogP contribution in [0.15, 0.2) is 59.6 Å². The van der Waals surface area contributed by atoms with Crippen LogP contribution in [0.4, 0.5) is 26.1 Å². The smallest absolute Gasteiger partial charge is 0.262 e. The first-order valence-electron chi connectivity index (χ1n) is 22.3. The topological polar surface area (TPSA) is 180 Å². The molecule has 5 aromatic rings. The molecule has 0 radical (unpaired) electrons. The SMILES string of the molecule is CCc1cc(-c2nc(Nc3ccc(S(=O)(=O)C4CCN(CC5CCN(c6cc7c(cc6F)C(=O)N(C6CCC(=O)NC6=O)C7=O)CC5)CC4)cc3)ncc2F)cc2c1nc(C)n2C(C)C. The molecule has 3 fully saturated rings. The summed E-state index contributed by atoms with van der Waals surface area (Å²) in [5.74, 6) is -2.44. The van der Waals surface area contributed by atoms with Crippen molar-refractivity contribution in [1.82, 2.24) is 34.6 Å². The number of likely N-dealkylation sites (tertiary alicyclic amines) is 1. The predicted octanol–water partition coefficient (Wildman–Crippen LogP) is 6.52. The number of imidazole rings is 1. The number of carbonyl (C=O) groups excluding carboxylic acids is 4. The normalized spacial score (nSPS) is 19.2. The van der Waals surface area contributed by atoms with Crippen LogP contribution in [0, 0.1) is 24.5 Å². The Morgan fingerprint density at radius 2 is 1.55 bits per heavy atom. The Morgan fingerprint density at radius 3 is 2.22 bits per heavy atom. The fourth-order valence-corrected chi connectivity index (χ4v) is 11.7. The monoisotopic (exact) mass is 907 g/mol. The molecule has 3 saturated heterocycles. The van der Waals surface area contributed by atoms with Gasteiger partial charge in [-0.15, -0.1) is 0 Å². The first-order valence-corrected chi connectivity index (χ1v) is 23.8. The number of halogens is 2. The van der Waals surface area contributed by atoms with Crippen molar-refractivity contribution >= 4 is 61.8 Å². The van der Waals surface area contributed by atoms with Gasteiger partial charge in [0.05, 0.1) is 44.2 Å². The zero-order valence-electron chi connectivity index (χ0n) is 36.7. The van der Waals surface area contributed by atoms with Gasteiger partial charge >= 0.3 is 0 Å². The van der Waals surface area contributed by atoms with Crippen LogP contribution < -0.4 is 15.5 Å². The Labute approximate surface area is 375 Å². The van der Waals surface area contributed by atoms with Crippen molar-refractivity contribution in [2.24, 2.45) is 5.92 Å². The maximum atomic E-state index is 15.5. The van der Waals surface area contributed by atoms with E-state index in [1.165, 1.54) is 6.07 Å². The minimum Gasteiger partial charge on any atom is -0.369 e. The molecule has 0 aliphatic carbocycles. The summed E-state index contributed by atoms with van der Waals surface area (Å²) in [4.78, 5) is 69.3. The van der Waals surface area contributed by atoms with E-state index in [0.717, 1.165) is 59.0 Å². The van der Waals surface area contributed by atoms with Gasteiger partial charge in [0.1, 0.15) is 23.4 Å². The average molecular weight is 908 g/mol. The van der Waals surface area contributed by atoms with Crippen molar-refractivity contribution in [1.29, 1.82) is 0 Å². The van der Waals surface area contributed by atoms with Crippen LogP contribution in [0.3, 0.4) is 0 Å². The van der Waals surface area contributed by atoms with E-state index in [-0.39, 0.29) is 52.2 Å². The van der Waals surface area contributed by atoms with Gasteiger partial charge in [0, 0.05) is 43.3 Å². The molecule has 2 N–H and O–H groups in total. The molecular weight excluding hydrogens is 857 g/mol. The molecule has 18 heteroatoms. The van der Waals surface area contributed by atoms with Crippen LogP contribution >= 0.6 is 0 Å². The molecule has 4 amide bonds.